The van der Waals surface area contributed by atoms with Gasteiger partial charge in [-0.15, -0.1) is 10.2 Å². The molecule has 3 rings (SSSR count). The molecule has 0 fully saturated rings. The molecule has 1 heterocycles. The number of nitrogens with zero attached hydrogens (tertiary/aromatic N) is 2. The highest BCUT2D eigenvalue weighted by atomic mass is 32.2. The van der Waals surface area contributed by atoms with E-state index >= 15 is 0 Å². The van der Waals surface area contributed by atoms with Crippen molar-refractivity contribution < 1.29 is 13.5 Å². The molecule has 3 N–H and O–H groups in total. The van der Waals surface area contributed by atoms with Gasteiger partial charge in [0.25, 0.3) is 0 Å². The van der Waals surface area contributed by atoms with E-state index in [4.69, 9.17) is 0 Å². The summed E-state index contributed by atoms with van der Waals surface area (Å²) in [7, 11) is -3.57. The number of phenols is 1. The van der Waals surface area contributed by atoms with E-state index in [9.17, 15) is 13.5 Å². The summed E-state index contributed by atoms with van der Waals surface area (Å²) in [6, 6.07) is 15.4. The van der Waals surface area contributed by atoms with E-state index in [-0.39, 0.29) is 10.6 Å². The lowest BCUT2D eigenvalue weighted by Gasteiger charge is -2.11. The normalized spacial score (nSPS) is 11.4. The van der Waals surface area contributed by atoms with Gasteiger partial charge < -0.3 is 10.4 Å². The molecule has 146 valence electrons. The van der Waals surface area contributed by atoms with Crippen LogP contribution in [0.1, 0.15) is 18.9 Å². The van der Waals surface area contributed by atoms with Crippen LogP contribution in [-0.4, -0.2) is 30.3 Å². The summed E-state index contributed by atoms with van der Waals surface area (Å²) in [5, 5.41) is 20.9. The summed E-state index contributed by atoms with van der Waals surface area (Å²) >= 11 is 0. The lowest BCUT2D eigenvalue weighted by atomic mass is 10.1. The molecule has 0 radical (unpaired) electrons. The van der Waals surface area contributed by atoms with Gasteiger partial charge >= 0.3 is 0 Å². The molecule has 0 amide bonds. The Bertz CT molecular complexity index is 1070. The summed E-state index contributed by atoms with van der Waals surface area (Å²) in [4.78, 5) is 0.238. The van der Waals surface area contributed by atoms with Crippen LogP contribution in [0.5, 0.6) is 5.75 Å². The molecule has 8 heteroatoms. The third-order valence-corrected chi connectivity index (χ3v) is 5.70. The number of nitrogens with one attached hydrogen (secondary N) is 2. The minimum absolute atomic E-state index is 0.152. The van der Waals surface area contributed by atoms with Gasteiger partial charge in [-0.25, -0.2) is 13.1 Å². The number of anilines is 2. The molecule has 0 saturated carbocycles. The fourth-order valence-corrected chi connectivity index (χ4v) is 4.05. The predicted octanol–water partition coefficient (Wildman–Crippen LogP) is 3.59. The fourth-order valence-electron chi connectivity index (χ4n) is 2.65. The van der Waals surface area contributed by atoms with Gasteiger partial charge in [-0.2, -0.15) is 0 Å². The van der Waals surface area contributed by atoms with Crippen molar-refractivity contribution in [1.29, 1.82) is 0 Å². The lowest BCUT2D eigenvalue weighted by Crippen LogP contribution is -2.25. The van der Waals surface area contributed by atoms with Crippen molar-refractivity contribution >= 4 is 21.5 Å². The van der Waals surface area contributed by atoms with E-state index in [0.717, 1.165) is 6.42 Å². The van der Waals surface area contributed by atoms with E-state index in [0.29, 0.717) is 34.9 Å². The van der Waals surface area contributed by atoms with E-state index in [1.165, 1.54) is 0 Å². The van der Waals surface area contributed by atoms with Crippen LogP contribution in [-0.2, 0) is 10.0 Å². The monoisotopic (exact) mass is 398 g/mol. The minimum Gasteiger partial charge on any atom is -0.508 e. The molecule has 0 bridgehead atoms. The summed E-state index contributed by atoms with van der Waals surface area (Å²) in [6.07, 6.45) is 0.719. The van der Waals surface area contributed by atoms with Gasteiger partial charge in [-0.3, -0.25) is 0 Å². The van der Waals surface area contributed by atoms with Crippen LogP contribution in [0.2, 0.25) is 0 Å². The van der Waals surface area contributed by atoms with Crippen LogP contribution < -0.4 is 10.0 Å². The fraction of sp³-hybridized carbons (Fsp3) is 0.200. The van der Waals surface area contributed by atoms with Gasteiger partial charge in [0.1, 0.15) is 5.75 Å². The molecule has 0 aliphatic heterocycles. The Morgan fingerprint density at radius 1 is 1.04 bits per heavy atom. The Balaban J connectivity index is 1.85. The maximum Gasteiger partial charge on any atom is 0.240 e. The topological polar surface area (TPSA) is 104 Å². The molecule has 7 nitrogen and oxygen atoms in total. The molecule has 1 aromatic heterocycles. The van der Waals surface area contributed by atoms with Gasteiger partial charge in [-0.05, 0) is 49.2 Å². The van der Waals surface area contributed by atoms with Crippen molar-refractivity contribution in [1.82, 2.24) is 14.9 Å². The Hall–Kier alpha value is -2.97. The van der Waals surface area contributed by atoms with Gasteiger partial charge in [-0.1, -0.05) is 25.1 Å². The largest absolute Gasteiger partial charge is 0.508 e. The lowest BCUT2D eigenvalue weighted by molar-refractivity contribution is 0.475. The van der Waals surface area contributed by atoms with Crippen LogP contribution in [0.4, 0.5) is 11.5 Å². The van der Waals surface area contributed by atoms with Gasteiger partial charge in [0.15, 0.2) is 5.82 Å². The first-order chi connectivity index (χ1) is 13.4. The summed E-state index contributed by atoms with van der Waals surface area (Å²) < 4.78 is 27.6. The van der Waals surface area contributed by atoms with E-state index in [2.05, 4.69) is 20.2 Å². The first-order valence-corrected chi connectivity index (χ1v) is 10.4. The number of aromatic hydroxyl groups is 1. The molecule has 0 saturated heterocycles. The molecular weight excluding hydrogens is 376 g/mol. The number of hydrogen-bond acceptors (Lipinski definition) is 6. The zero-order valence-corrected chi connectivity index (χ0v) is 16.5. The third-order valence-electron chi connectivity index (χ3n) is 4.10. The van der Waals surface area contributed by atoms with Crippen LogP contribution in [0.25, 0.3) is 11.3 Å². The second-order valence-corrected chi connectivity index (χ2v) is 8.09. The van der Waals surface area contributed by atoms with E-state index < -0.39 is 10.0 Å². The van der Waals surface area contributed by atoms with Crippen LogP contribution in [0.15, 0.2) is 59.5 Å². The molecule has 0 spiro atoms. The molecule has 28 heavy (non-hydrogen) atoms. The molecule has 3 aromatic rings. The molecular formula is C20H22N4O3S. The van der Waals surface area contributed by atoms with E-state index in [1.54, 1.807) is 55.5 Å². The van der Waals surface area contributed by atoms with Crippen molar-refractivity contribution in [3.05, 3.63) is 60.2 Å². The highest BCUT2D eigenvalue weighted by molar-refractivity contribution is 7.89. The summed E-state index contributed by atoms with van der Waals surface area (Å²) in [5.41, 5.74) is 2.59. The van der Waals surface area contributed by atoms with Crippen molar-refractivity contribution in [2.75, 3.05) is 11.9 Å². The Morgan fingerprint density at radius 2 is 1.86 bits per heavy atom. The smallest absolute Gasteiger partial charge is 0.240 e. The molecule has 0 atom stereocenters. The summed E-state index contributed by atoms with van der Waals surface area (Å²) in [5.74, 6) is 0.665. The van der Waals surface area contributed by atoms with Crippen molar-refractivity contribution in [2.24, 2.45) is 0 Å². The molecule has 2 aromatic carbocycles. The number of aromatic nitrogens is 2. The average Bonchev–Trinajstić information content (AvgIpc) is 2.67. The minimum atomic E-state index is -3.57. The van der Waals surface area contributed by atoms with Crippen molar-refractivity contribution in [3.8, 4) is 17.0 Å². The number of phenolic OH excluding ortho intramolecular Hbond substituents is 1. The third kappa shape index (κ3) is 4.65. The highest BCUT2D eigenvalue weighted by Crippen LogP contribution is 2.25. The first-order valence-electron chi connectivity index (χ1n) is 8.89. The number of aryl methyl sites for hydroxylation is 1. The van der Waals surface area contributed by atoms with Gasteiger partial charge in [0.05, 0.1) is 10.6 Å². The van der Waals surface area contributed by atoms with E-state index in [1.807, 2.05) is 13.0 Å². The number of sulfonamides is 1. The average molecular weight is 398 g/mol. The van der Waals surface area contributed by atoms with Crippen molar-refractivity contribution in [2.45, 2.75) is 25.2 Å². The standard InChI is InChI=1S/C20H22N4O3S/c1-3-11-21-28(26,27)19-12-15(8-7-14(19)2)18-9-10-20(24-23-18)22-16-5-4-6-17(25)13-16/h4-10,12-13,21,25H,3,11H2,1-2H3,(H,22,24). The quantitative estimate of drug-likeness (QED) is 0.562. The first kappa shape index (κ1) is 19.8. The van der Waals surface area contributed by atoms with Gasteiger partial charge in [0.2, 0.25) is 10.0 Å². The molecule has 0 unspecified atom stereocenters. The highest BCUT2D eigenvalue weighted by Gasteiger charge is 2.17. The molecule has 0 aliphatic rings. The van der Waals surface area contributed by atoms with Crippen LogP contribution >= 0.6 is 0 Å². The Labute approximate surface area is 164 Å². The number of rotatable bonds is 7. The summed E-state index contributed by atoms with van der Waals surface area (Å²) in [6.45, 7) is 4.06. The Morgan fingerprint density at radius 3 is 2.54 bits per heavy atom. The Kier molecular flexibility index (Phi) is 5.91. The number of hydrogen-bond donors (Lipinski definition) is 3. The second kappa shape index (κ2) is 8.37. The SMILES string of the molecule is CCCNS(=O)(=O)c1cc(-c2ccc(Nc3cccc(O)c3)nn2)ccc1C. The zero-order valence-electron chi connectivity index (χ0n) is 15.7. The van der Waals surface area contributed by atoms with Crippen LogP contribution in [0.3, 0.4) is 0 Å². The second-order valence-electron chi connectivity index (χ2n) is 6.36. The van der Waals surface area contributed by atoms with Crippen LogP contribution in [0, 0.1) is 6.92 Å². The maximum absolute atomic E-state index is 12.5. The predicted molar refractivity (Wildman–Crippen MR) is 109 cm³/mol. The van der Waals surface area contributed by atoms with Crippen molar-refractivity contribution in [3.63, 3.8) is 0 Å². The molecule has 0 aliphatic carbocycles. The zero-order chi connectivity index (χ0) is 20.1. The van der Waals surface area contributed by atoms with Gasteiger partial charge in [0, 0.05) is 23.9 Å². The maximum atomic E-state index is 12.5. The number of benzene rings is 2.